The van der Waals surface area contributed by atoms with E-state index in [1.54, 1.807) is 13.0 Å². The van der Waals surface area contributed by atoms with Gasteiger partial charge in [0.15, 0.2) is 11.5 Å². The highest BCUT2D eigenvalue weighted by atomic mass is 16.6. The average molecular weight is 669 g/mol. The summed E-state index contributed by atoms with van der Waals surface area (Å²) in [4.78, 5) is 37.6. The maximum Gasteiger partial charge on any atom is 0.336 e. The second-order valence-corrected chi connectivity index (χ2v) is 14.0. The first-order valence-electron chi connectivity index (χ1n) is 19.9. The molecule has 2 aromatic rings. The van der Waals surface area contributed by atoms with E-state index in [0.29, 0.717) is 29.4 Å². The van der Waals surface area contributed by atoms with E-state index in [1.807, 2.05) is 0 Å². The third-order valence-electron chi connectivity index (χ3n) is 9.43. The zero-order valence-corrected chi connectivity index (χ0v) is 31.0. The predicted molar refractivity (Wildman–Crippen MR) is 199 cm³/mol. The lowest BCUT2D eigenvalue weighted by Gasteiger charge is -2.12. The second kappa shape index (κ2) is 27.2. The SMILES string of the molecule is CCCCCCCCCCCCCCCC(=O)Oc1cc2oc(=O)cc(C)c2cc1OC(=O)CCCCCCCCCCCCCCC. The largest absolute Gasteiger partial charge is 0.423 e. The Hall–Kier alpha value is -2.63. The molecule has 6 heteroatoms. The van der Waals surface area contributed by atoms with Gasteiger partial charge in [0.1, 0.15) is 5.58 Å². The van der Waals surface area contributed by atoms with Gasteiger partial charge in [0.05, 0.1) is 0 Å². The summed E-state index contributed by atoms with van der Waals surface area (Å²) in [5, 5.41) is 0.648. The molecule has 48 heavy (non-hydrogen) atoms. The van der Waals surface area contributed by atoms with E-state index in [0.717, 1.165) is 38.5 Å². The summed E-state index contributed by atoms with van der Waals surface area (Å²) in [6.45, 7) is 6.32. The minimum Gasteiger partial charge on any atom is -0.423 e. The fraction of sp³-hybridized carbons (Fsp3) is 0.738. The standard InChI is InChI=1S/C42H68O6/c1-4-6-8-10-12-14-16-18-20-22-24-26-28-30-40(43)47-38-33-36-35(3)32-42(45)46-37(36)34-39(38)48-41(44)31-29-27-25-23-21-19-17-15-13-11-9-7-5-2/h32-34H,4-31H2,1-3H3. The Balaban J connectivity index is 1.71. The molecule has 0 aliphatic carbocycles. The molecule has 0 spiro atoms. The van der Waals surface area contributed by atoms with Crippen molar-refractivity contribution in [2.75, 3.05) is 0 Å². The van der Waals surface area contributed by atoms with Crippen LogP contribution in [0.25, 0.3) is 11.0 Å². The topological polar surface area (TPSA) is 82.8 Å². The summed E-state index contributed by atoms with van der Waals surface area (Å²) in [7, 11) is 0. The van der Waals surface area contributed by atoms with Crippen molar-refractivity contribution in [2.24, 2.45) is 0 Å². The van der Waals surface area contributed by atoms with E-state index >= 15 is 0 Å². The maximum atomic E-state index is 12.8. The highest BCUT2D eigenvalue weighted by Gasteiger charge is 2.18. The lowest BCUT2D eigenvalue weighted by atomic mass is 10.0. The zero-order valence-electron chi connectivity index (χ0n) is 31.0. The van der Waals surface area contributed by atoms with Gasteiger partial charge in [-0.3, -0.25) is 9.59 Å². The van der Waals surface area contributed by atoms with Gasteiger partial charge in [-0.25, -0.2) is 4.79 Å². The van der Waals surface area contributed by atoms with Gasteiger partial charge in [0, 0.05) is 30.4 Å². The van der Waals surface area contributed by atoms with Crippen LogP contribution < -0.4 is 15.1 Å². The van der Waals surface area contributed by atoms with Gasteiger partial charge in [0.2, 0.25) is 0 Å². The number of carbonyl (C=O) groups is 2. The number of hydrogen-bond acceptors (Lipinski definition) is 6. The number of benzene rings is 1. The molecule has 2 rings (SSSR count). The minimum absolute atomic E-state index is 0.120. The Kier molecular flexibility index (Phi) is 23.6. The Labute approximate surface area is 292 Å². The first-order chi connectivity index (χ1) is 23.4. The van der Waals surface area contributed by atoms with Crippen LogP contribution in [0.15, 0.2) is 27.4 Å². The number of aryl methyl sites for hydroxylation is 1. The van der Waals surface area contributed by atoms with E-state index in [2.05, 4.69) is 13.8 Å². The van der Waals surface area contributed by atoms with Gasteiger partial charge in [-0.1, -0.05) is 168 Å². The van der Waals surface area contributed by atoms with Gasteiger partial charge >= 0.3 is 17.6 Å². The van der Waals surface area contributed by atoms with Gasteiger partial charge in [-0.05, 0) is 31.4 Å². The molecular formula is C42H68O6. The van der Waals surface area contributed by atoms with Crippen molar-refractivity contribution in [3.05, 3.63) is 34.2 Å². The van der Waals surface area contributed by atoms with Gasteiger partial charge in [-0.15, -0.1) is 0 Å². The summed E-state index contributed by atoms with van der Waals surface area (Å²) >= 11 is 0. The van der Waals surface area contributed by atoms with Crippen molar-refractivity contribution in [1.29, 1.82) is 0 Å². The van der Waals surface area contributed by atoms with Crippen molar-refractivity contribution in [3.8, 4) is 11.5 Å². The third kappa shape index (κ3) is 19.4. The van der Waals surface area contributed by atoms with Crippen molar-refractivity contribution >= 4 is 22.9 Å². The minimum atomic E-state index is -0.476. The quantitative estimate of drug-likeness (QED) is 0.0356. The molecule has 0 bridgehead atoms. The van der Waals surface area contributed by atoms with E-state index in [1.165, 1.54) is 141 Å². The summed E-state index contributed by atoms with van der Waals surface area (Å²) in [5.41, 5.74) is 0.538. The summed E-state index contributed by atoms with van der Waals surface area (Å²) in [6, 6.07) is 4.55. The molecule has 1 aromatic carbocycles. The Bertz CT molecular complexity index is 1200. The molecule has 0 saturated carbocycles. The summed E-state index contributed by atoms with van der Waals surface area (Å²) < 4.78 is 16.8. The fourth-order valence-corrected chi connectivity index (χ4v) is 6.41. The molecule has 1 aromatic heterocycles. The van der Waals surface area contributed by atoms with Crippen LogP contribution in [0.3, 0.4) is 0 Å². The van der Waals surface area contributed by atoms with Crippen LogP contribution in [-0.2, 0) is 9.59 Å². The van der Waals surface area contributed by atoms with E-state index in [9.17, 15) is 14.4 Å². The second-order valence-electron chi connectivity index (χ2n) is 14.0. The van der Waals surface area contributed by atoms with Crippen LogP contribution in [0.1, 0.15) is 199 Å². The van der Waals surface area contributed by atoms with Crippen LogP contribution in [0.2, 0.25) is 0 Å². The maximum absolute atomic E-state index is 12.8. The van der Waals surface area contributed by atoms with Crippen LogP contribution >= 0.6 is 0 Å². The Morgan fingerprint density at radius 3 is 1.21 bits per heavy atom. The molecule has 272 valence electrons. The number of esters is 2. The van der Waals surface area contributed by atoms with Crippen molar-refractivity contribution in [2.45, 2.75) is 201 Å². The monoisotopic (exact) mass is 669 g/mol. The zero-order chi connectivity index (χ0) is 34.7. The predicted octanol–water partition coefficient (Wildman–Crippen LogP) is 12.9. The van der Waals surface area contributed by atoms with Crippen LogP contribution in [0, 0.1) is 6.92 Å². The summed E-state index contributed by atoms with van der Waals surface area (Å²) in [5.74, 6) is -0.407. The van der Waals surface area contributed by atoms with Crippen LogP contribution in [0.5, 0.6) is 11.5 Å². The van der Waals surface area contributed by atoms with Crippen LogP contribution in [-0.4, -0.2) is 11.9 Å². The van der Waals surface area contributed by atoms with E-state index < -0.39 is 5.63 Å². The van der Waals surface area contributed by atoms with Crippen molar-refractivity contribution < 1.29 is 23.5 Å². The number of fused-ring (bicyclic) bond motifs is 1. The first-order valence-corrected chi connectivity index (χ1v) is 19.9. The molecule has 0 atom stereocenters. The molecule has 0 radical (unpaired) electrons. The van der Waals surface area contributed by atoms with E-state index in [4.69, 9.17) is 13.9 Å². The molecule has 0 aliphatic heterocycles. The first kappa shape index (κ1) is 41.5. The molecule has 0 saturated heterocycles. The molecule has 0 amide bonds. The van der Waals surface area contributed by atoms with Gasteiger partial charge < -0.3 is 13.9 Å². The molecule has 0 unspecified atom stereocenters. The molecule has 0 fully saturated rings. The van der Waals surface area contributed by atoms with Crippen molar-refractivity contribution in [3.63, 3.8) is 0 Å². The number of ether oxygens (including phenoxy) is 2. The number of carbonyl (C=O) groups excluding carboxylic acids is 2. The Morgan fingerprint density at radius 2 is 0.833 bits per heavy atom. The van der Waals surface area contributed by atoms with E-state index in [-0.39, 0.29) is 23.4 Å². The highest BCUT2D eigenvalue weighted by molar-refractivity contribution is 5.86. The normalized spacial score (nSPS) is 11.3. The molecule has 0 N–H and O–H groups in total. The number of unbranched alkanes of at least 4 members (excludes halogenated alkanes) is 24. The third-order valence-corrected chi connectivity index (χ3v) is 9.43. The smallest absolute Gasteiger partial charge is 0.336 e. The molecule has 6 nitrogen and oxygen atoms in total. The van der Waals surface area contributed by atoms with Crippen LogP contribution in [0.4, 0.5) is 0 Å². The highest BCUT2D eigenvalue weighted by Crippen LogP contribution is 2.34. The summed E-state index contributed by atoms with van der Waals surface area (Å²) in [6.07, 6.45) is 32.8. The fourth-order valence-electron chi connectivity index (χ4n) is 6.41. The van der Waals surface area contributed by atoms with Crippen molar-refractivity contribution in [1.82, 2.24) is 0 Å². The molecular weight excluding hydrogens is 600 g/mol. The molecule has 1 heterocycles. The van der Waals surface area contributed by atoms with Gasteiger partial charge in [-0.2, -0.15) is 0 Å². The molecule has 0 aliphatic rings. The number of hydrogen-bond donors (Lipinski definition) is 0. The lowest BCUT2D eigenvalue weighted by Crippen LogP contribution is -2.12. The van der Waals surface area contributed by atoms with Gasteiger partial charge in [0.25, 0.3) is 0 Å². The average Bonchev–Trinajstić information content (AvgIpc) is 3.06. The lowest BCUT2D eigenvalue weighted by molar-refractivity contribution is -0.137. The number of rotatable bonds is 30. The Morgan fingerprint density at radius 1 is 0.500 bits per heavy atom.